The summed E-state index contributed by atoms with van der Waals surface area (Å²) in [6, 6.07) is 3.60. The average molecular weight is 365 g/mol. The number of hydrogen-bond acceptors (Lipinski definition) is 5. The third kappa shape index (κ3) is 5.86. The Balaban J connectivity index is 1.74. The predicted octanol–water partition coefficient (Wildman–Crippen LogP) is 3.18. The van der Waals surface area contributed by atoms with Crippen molar-refractivity contribution in [2.75, 3.05) is 27.2 Å². The van der Waals surface area contributed by atoms with Crippen LogP contribution in [0.5, 0.6) is 0 Å². The van der Waals surface area contributed by atoms with Gasteiger partial charge in [0.25, 0.3) is 0 Å². The average Bonchev–Trinajstić information content (AvgIpc) is 3.18. The number of hydrogen-bond donors (Lipinski definition) is 2. The molecule has 0 radical (unpaired) electrons. The van der Waals surface area contributed by atoms with Crippen molar-refractivity contribution in [3.05, 3.63) is 40.2 Å². The zero-order valence-electron chi connectivity index (χ0n) is 15.6. The van der Waals surface area contributed by atoms with Gasteiger partial charge in [-0.2, -0.15) is 0 Å². The number of nitrogens with zero attached hydrogens (tertiary/aromatic N) is 2. The first kappa shape index (κ1) is 19.5. The molecule has 2 aromatic rings. The summed E-state index contributed by atoms with van der Waals surface area (Å²) in [6.45, 7) is 7.50. The molecule has 2 rings (SSSR count). The monoisotopic (exact) mass is 364 g/mol. The Labute approximate surface area is 153 Å². The zero-order valence-corrected chi connectivity index (χ0v) is 16.4. The Bertz CT molecular complexity index is 659. The van der Waals surface area contributed by atoms with Crippen molar-refractivity contribution < 1.29 is 9.21 Å². The van der Waals surface area contributed by atoms with E-state index in [9.17, 15) is 4.79 Å². The van der Waals surface area contributed by atoms with Gasteiger partial charge < -0.3 is 15.1 Å². The van der Waals surface area contributed by atoms with Crippen molar-refractivity contribution in [1.82, 2.24) is 20.5 Å². The molecule has 6 nitrogen and oxygen atoms in total. The molecule has 138 valence electrons. The van der Waals surface area contributed by atoms with Crippen LogP contribution in [0.2, 0.25) is 0 Å². The van der Waals surface area contributed by atoms with Crippen molar-refractivity contribution in [1.29, 1.82) is 0 Å². The summed E-state index contributed by atoms with van der Waals surface area (Å²) in [7, 11) is 3.92. The first-order chi connectivity index (χ1) is 11.8. The first-order valence-corrected chi connectivity index (χ1v) is 9.31. The van der Waals surface area contributed by atoms with Crippen LogP contribution in [0, 0.1) is 0 Å². The number of carbonyl (C=O) groups is 1. The Morgan fingerprint density at radius 3 is 2.68 bits per heavy atom. The minimum Gasteiger partial charge on any atom is -0.468 e. The van der Waals surface area contributed by atoms with Gasteiger partial charge in [0.1, 0.15) is 5.76 Å². The van der Waals surface area contributed by atoms with E-state index in [0.29, 0.717) is 13.1 Å². The van der Waals surface area contributed by atoms with Gasteiger partial charge in [0.2, 0.25) is 0 Å². The van der Waals surface area contributed by atoms with Crippen molar-refractivity contribution >= 4 is 17.4 Å². The lowest BCUT2D eigenvalue weighted by Crippen LogP contribution is -2.41. The molecule has 1 atom stereocenters. The standard InChI is InChI=1S/C18H28N4O2S/c1-18(2,3)15-12-25-16(21-15)8-9-19-17(23)20-11-13(22(4)5)14-7-6-10-24-14/h6-7,10,12-13H,8-9,11H2,1-5H3,(H2,19,20,23)/t13-/m1/s1. The van der Waals surface area contributed by atoms with E-state index in [2.05, 4.69) is 41.8 Å². The normalized spacial score (nSPS) is 13.0. The number of nitrogens with one attached hydrogen (secondary N) is 2. The van der Waals surface area contributed by atoms with Crippen LogP contribution in [0.15, 0.2) is 28.2 Å². The second kappa shape index (κ2) is 8.49. The van der Waals surface area contributed by atoms with E-state index >= 15 is 0 Å². The molecule has 25 heavy (non-hydrogen) atoms. The quantitative estimate of drug-likeness (QED) is 0.792. The minimum atomic E-state index is -0.175. The molecule has 0 fully saturated rings. The molecular weight excluding hydrogens is 336 g/mol. The van der Waals surface area contributed by atoms with Crippen LogP contribution in [0.4, 0.5) is 4.79 Å². The number of urea groups is 1. The first-order valence-electron chi connectivity index (χ1n) is 8.44. The number of amides is 2. The number of rotatable bonds is 7. The maximum Gasteiger partial charge on any atom is 0.314 e. The van der Waals surface area contributed by atoms with E-state index in [-0.39, 0.29) is 17.5 Å². The fraction of sp³-hybridized carbons (Fsp3) is 0.556. The molecule has 0 aliphatic heterocycles. The van der Waals surface area contributed by atoms with Crippen molar-refractivity contribution in [2.24, 2.45) is 0 Å². The van der Waals surface area contributed by atoms with Gasteiger partial charge in [-0.15, -0.1) is 11.3 Å². The number of carbonyl (C=O) groups excluding carboxylic acids is 1. The highest BCUT2D eigenvalue weighted by atomic mass is 32.1. The van der Waals surface area contributed by atoms with Gasteiger partial charge in [-0.1, -0.05) is 20.8 Å². The number of aromatic nitrogens is 1. The van der Waals surface area contributed by atoms with Gasteiger partial charge in [0, 0.05) is 30.3 Å². The molecule has 0 aliphatic rings. The van der Waals surface area contributed by atoms with Crippen LogP contribution in [0.25, 0.3) is 0 Å². The Morgan fingerprint density at radius 2 is 2.12 bits per heavy atom. The second-order valence-corrected chi connectivity index (χ2v) is 8.20. The van der Waals surface area contributed by atoms with Crippen LogP contribution < -0.4 is 10.6 Å². The van der Waals surface area contributed by atoms with Crippen LogP contribution in [0.3, 0.4) is 0 Å². The second-order valence-electron chi connectivity index (χ2n) is 7.26. The lowest BCUT2D eigenvalue weighted by Gasteiger charge is -2.22. The molecule has 0 aliphatic carbocycles. The lowest BCUT2D eigenvalue weighted by atomic mass is 9.93. The van der Waals surface area contributed by atoms with Crippen molar-refractivity contribution in [3.8, 4) is 0 Å². The summed E-state index contributed by atoms with van der Waals surface area (Å²) >= 11 is 1.65. The summed E-state index contributed by atoms with van der Waals surface area (Å²) in [5.74, 6) is 0.836. The molecule has 0 bridgehead atoms. The van der Waals surface area contributed by atoms with Gasteiger partial charge >= 0.3 is 6.03 Å². The number of furan rings is 1. The number of likely N-dealkylation sites (N-methyl/N-ethyl adjacent to an activating group) is 1. The Morgan fingerprint density at radius 1 is 1.36 bits per heavy atom. The van der Waals surface area contributed by atoms with Gasteiger partial charge in [-0.25, -0.2) is 9.78 Å². The van der Waals surface area contributed by atoms with Gasteiger partial charge in [0.15, 0.2) is 0 Å². The minimum absolute atomic E-state index is 0.00839. The van der Waals surface area contributed by atoms with E-state index < -0.39 is 0 Å². The van der Waals surface area contributed by atoms with Crippen molar-refractivity contribution in [2.45, 2.75) is 38.6 Å². The SMILES string of the molecule is CN(C)[C@H](CNC(=O)NCCc1nc(C(C)(C)C)cs1)c1ccco1. The molecule has 2 heterocycles. The summed E-state index contributed by atoms with van der Waals surface area (Å²) in [5, 5.41) is 8.93. The smallest absolute Gasteiger partial charge is 0.314 e. The van der Waals surface area contributed by atoms with E-state index in [0.717, 1.165) is 22.9 Å². The largest absolute Gasteiger partial charge is 0.468 e. The summed E-state index contributed by atoms with van der Waals surface area (Å²) in [4.78, 5) is 18.7. The fourth-order valence-electron chi connectivity index (χ4n) is 2.32. The third-order valence-electron chi connectivity index (χ3n) is 3.90. The van der Waals surface area contributed by atoms with E-state index in [1.807, 2.05) is 31.1 Å². The maximum absolute atomic E-state index is 12.0. The molecule has 0 saturated heterocycles. The molecule has 0 aromatic carbocycles. The summed E-state index contributed by atoms with van der Waals surface area (Å²) in [5.41, 5.74) is 1.16. The topological polar surface area (TPSA) is 70.4 Å². The molecule has 2 aromatic heterocycles. The van der Waals surface area contributed by atoms with Gasteiger partial charge in [-0.05, 0) is 26.2 Å². The number of thiazole rings is 1. The third-order valence-corrected chi connectivity index (χ3v) is 4.80. The fourth-order valence-corrected chi connectivity index (χ4v) is 3.35. The Hall–Kier alpha value is -1.86. The maximum atomic E-state index is 12.0. The highest BCUT2D eigenvalue weighted by Crippen LogP contribution is 2.23. The molecule has 0 spiro atoms. The lowest BCUT2D eigenvalue weighted by molar-refractivity contribution is 0.225. The van der Waals surface area contributed by atoms with E-state index in [1.165, 1.54) is 0 Å². The van der Waals surface area contributed by atoms with Crippen molar-refractivity contribution in [3.63, 3.8) is 0 Å². The summed E-state index contributed by atoms with van der Waals surface area (Å²) < 4.78 is 5.44. The van der Waals surface area contributed by atoms with Crippen LogP contribution in [-0.2, 0) is 11.8 Å². The predicted molar refractivity (Wildman–Crippen MR) is 101 cm³/mol. The highest BCUT2D eigenvalue weighted by Gasteiger charge is 2.18. The molecule has 7 heteroatoms. The molecule has 2 amide bonds. The van der Waals surface area contributed by atoms with Crippen LogP contribution >= 0.6 is 11.3 Å². The van der Waals surface area contributed by atoms with Crippen LogP contribution in [-0.4, -0.2) is 43.1 Å². The van der Waals surface area contributed by atoms with Gasteiger partial charge in [-0.3, -0.25) is 4.90 Å². The van der Waals surface area contributed by atoms with Gasteiger partial charge in [0.05, 0.1) is 23.0 Å². The highest BCUT2D eigenvalue weighted by molar-refractivity contribution is 7.09. The van der Waals surface area contributed by atoms with E-state index in [4.69, 9.17) is 4.42 Å². The molecule has 2 N–H and O–H groups in total. The van der Waals surface area contributed by atoms with E-state index in [1.54, 1.807) is 17.6 Å². The zero-order chi connectivity index (χ0) is 18.4. The molecule has 0 saturated carbocycles. The molecular formula is C18H28N4O2S. The Kier molecular flexibility index (Phi) is 6.61. The molecule has 0 unspecified atom stereocenters. The summed E-state index contributed by atoms with van der Waals surface area (Å²) in [6.07, 6.45) is 2.38. The van der Waals surface area contributed by atoms with Crippen LogP contribution in [0.1, 0.15) is 43.3 Å².